The lowest BCUT2D eigenvalue weighted by molar-refractivity contribution is 0.491. The van der Waals surface area contributed by atoms with E-state index in [1.54, 1.807) is 30.3 Å². The Labute approximate surface area is 103 Å². The van der Waals surface area contributed by atoms with Gasteiger partial charge in [0, 0.05) is 31.6 Å². The molecular weight excluding hydrogens is 238 g/mol. The lowest BCUT2D eigenvalue weighted by atomic mass is 10.0. The first kappa shape index (κ1) is 13.9. The van der Waals surface area contributed by atoms with Crippen LogP contribution in [0.2, 0.25) is 0 Å². The fraction of sp³-hybridized carbons (Fsp3) is 0.545. The van der Waals surface area contributed by atoms with Crippen LogP contribution in [0.1, 0.15) is 13.8 Å². The van der Waals surface area contributed by atoms with E-state index in [1.807, 2.05) is 13.8 Å². The van der Waals surface area contributed by atoms with Crippen molar-refractivity contribution in [3.63, 3.8) is 0 Å². The number of sulfone groups is 1. The number of aromatic nitrogens is 1. The van der Waals surface area contributed by atoms with Gasteiger partial charge in [-0.05, 0) is 26.0 Å². The Hall–Kier alpha value is -1.14. The molecule has 0 aliphatic rings. The molecule has 6 heteroatoms. The highest BCUT2D eigenvalue weighted by Crippen LogP contribution is 2.26. The van der Waals surface area contributed by atoms with E-state index >= 15 is 0 Å². The summed E-state index contributed by atoms with van der Waals surface area (Å²) in [6.45, 7) is 4.28. The van der Waals surface area contributed by atoms with Gasteiger partial charge in [-0.1, -0.05) is 0 Å². The smallest absolute Gasteiger partial charge is 0.179 e. The Morgan fingerprint density at radius 2 is 2.06 bits per heavy atom. The molecule has 0 unspecified atom stereocenters. The van der Waals surface area contributed by atoms with E-state index in [2.05, 4.69) is 4.98 Å². The third-order valence-corrected chi connectivity index (χ3v) is 3.99. The van der Waals surface area contributed by atoms with Crippen LogP contribution in [0.25, 0.3) is 0 Å². The fourth-order valence-electron chi connectivity index (χ4n) is 1.35. The molecule has 0 amide bonds. The second-order valence-electron chi connectivity index (χ2n) is 4.67. The number of anilines is 1. The molecule has 1 rings (SSSR count). The molecule has 5 nitrogen and oxygen atoms in total. The predicted molar refractivity (Wildman–Crippen MR) is 68.9 cm³/mol. The van der Waals surface area contributed by atoms with Crippen molar-refractivity contribution in [1.82, 2.24) is 4.98 Å². The van der Waals surface area contributed by atoms with Gasteiger partial charge in [0.25, 0.3) is 0 Å². The van der Waals surface area contributed by atoms with Crippen molar-refractivity contribution in [2.24, 2.45) is 5.73 Å². The molecule has 0 saturated heterocycles. The van der Waals surface area contributed by atoms with Gasteiger partial charge in [-0.2, -0.15) is 0 Å². The molecule has 0 aliphatic carbocycles. The van der Waals surface area contributed by atoms with E-state index < -0.39 is 9.84 Å². The zero-order valence-electron chi connectivity index (χ0n) is 10.6. The van der Waals surface area contributed by atoms with Crippen LogP contribution in [0.5, 0.6) is 0 Å². The molecule has 17 heavy (non-hydrogen) atoms. The summed E-state index contributed by atoms with van der Waals surface area (Å²) >= 11 is 0. The van der Waals surface area contributed by atoms with E-state index in [4.69, 9.17) is 5.73 Å². The summed E-state index contributed by atoms with van der Waals surface area (Å²) in [5, 5.41) is 0. The number of hydrogen-bond acceptors (Lipinski definition) is 5. The van der Waals surface area contributed by atoms with Crippen molar-refractivity contribution < 1.29 is 8.42 Å². The van der Waals surface area contributed by atoms with Crippen molar-refractivity contribution in [1.29, 1.82) is 0 Å². The number of nitrogens with zero attached hydrogens (tertiary/aromatic N) is 2. The van der Waals surface area contributed by atoms with Gasteiger partial charge < -0.3 is 10.6 Å². The molecule has 1 heterocycles. The Bertz CT molecular complexity index is 497. The van der Waals surface area contributed by atoms with Gasteiger partial charge in [-0.15, -0.1) is 0 Å². The maximum absolute atomic E-state index is 11.7. The third-order valence-electron chi connectivity index (χ3n) is 2.88. The van der Waals surface area contributed by atoms with Crippen LogP contribution in [0.15, 0.2) is 23.2 Å². The minimum atomic E-state index is -3.29. The van der Waals surface area contributed by atoms with Gasteiger partial charge in [-0.25, -0.2) is 13.4 Å². The Morgan fingerprint density at radius 3 is 2.53 bits per heavy atom. The lowest BCUT2D eigenvalue weighted by Gasteiger charge is -2.36. The zero-order valence-corrected chi connectivity index (χ0v) is 11.5. The summed E-state index contributed by atoms with van der Waals surface area (Å²) in [5.74, 6) is 0.436. The van der Waals surface area contributed by atoms with Gasteiger partial charge in [0.2, 0.25) is 0 Å². The van der Waals surface area contributed by atoms with Crippen molar-refractivity contribution in [2.75, 3.05) is 24.7 Å². The predicted octanol–water partition coefficient (Wildman–Crippen LogP) is 0.659. The summed E-state index contributed by atoms with van der Waals surface area (Å²) in [6, 6.07) is 3.17. The first-order valence-corrected chi connectivity index (χ1v) is 7.18. The fourth-order valence-corrected chi connectivity index (χ4v) is 2.19. The average molecular weight is 257 g/mol. The van der Waals surface area contributed by atoms with E-state index in [-0.39, 0.29) is 10.4 Å². The first-order chi connectivity index (χ1) is 7.70. The molecule has 0 aliphatic heterocycles. The highest BCUT2D eigenvalue weighted by atomic mass is 32.2. The molecule has 1 aromatic heterocycles. The van der Waals surface area contributed by atoms with Crippen molar-refractivity contribution in [3.8, 4) is 0 Å². The second-order valence-corrected chi connectivity index (χ2v) is 6.66. The lowest BCUT2D eigenvalue weighted by Crippen LogP contribution is -2.48. The van der Waals surface area contributed by atoms with Crippen LogP contribution < -0.4 is 10.6 Å². The maximum Gasteiger partial charge on any atom is 0.179 e. The largest absolute Gasteiger partial charge is 0.352 e. The second kappa shape index (κ2) is 4.62. The topological polar surface area (TPSA) is 76.3 Å². The Kier molecular flexibility index (Phi) is 3.78. The summed E-state index contributed by atoms with van der Waals surface area (Å²) in [5.41, 5.74) is 5.33. The standard InChI is InChI=1S/C11H19N3O2S/c1-11(2,8-12)14(3)10-9(17(4,15)16)6-5-7-13-10/h5-7H,8,12H2,1-4H3. The summed E-state index contributed by atoms with van der Waals surface area (Å²) in [7, 11) is -1.50. The SMILES string of the molecule is CN(c1ncccc1S(C)(=O)=O)C(C)(C)CN. The number of likely N-dealkylation sites (N-methyl/N-ethyl adjacent to an activating group) is 1. The number of rotatable bonds is 4. The van der Waals surface area contributed by atoms with Crippen LogP contribution in [0.4, 0.5) is 5.82 Å². The molecule has 96 valence electrons. The van der Waals surface area contributed by atoms with E-state index in [1.165, 1.54) is 6.26 Å². The van der Waals surface area contributed by atoms with E-state index in [0.717, 1.165) is 0 Å². The Morgan fingerprint density at radius 1 is 1.47 bits per heavy atom. The molecule has 2 N–H and O–H groups in total. The number of nitrogens with two attached hydrogens (primary N) is 1. The van der Waals surface area contributed by atoms with Crippen LogP contribution in [0.3, 0.4) is 0 Å². The molecule has 0 spiro atoms. The first-order valence-electron chi connectivity index (χ1n) is 5.29. The monoisotopic (exact) mass is 257 g/mol. The summed E-state index contributed by atoms with van der Waals surface area (Å²) in [4.78, 5) is 6.17. The molecular formula is C11H19N3O2S. The normalized spacial score (nSPS) is 12.5. The molecule has 0 fully saturated rings. The molecule has 0 radical (unpaired) electrons. The summed E-state index contributed by atoms with van der Waals surface area (Å²) in [6.07, 6.45) is 2.75. The van der Waals surface area contributed by atoms with Gasteiger partial charge in [0.05, 0.1) is 0 Å². The van der Waals surface area contributed by atoms with Crippen LogP contribution in [0, 0.1) is 0 Å². The molecule has 0 saturated carbocycles. The molecule has 1 aromatic rings. The van der Waals surface area contributed by atoms with Crippen molar-refractivity contribution in [3.05, 3.63) is 18.3 Å². The van der Waals surface area contributed by atoms with E-state index in [0.29, 0.717) is 12.4 Å². The number of pyridine rings is 1. The maximum atomic E-state index is 11.7. The Balaban J connectivity index is 3.33. The molecule has 0 bridgehead atoms. The van der Waals surface area contributed by atoms with Gasteiger partial charge in [0.1, 0.15) is 10.7 Å². The minimum absolute atomic E-state index is 0.226. The van der Waals surface area contributed by atoms with Crippen LogP contribution in [-0.4, -0.2) is 38.8 Å². The van der Waals surface area contributed by atoms with Crippen molar-refractivity contribution in [2.45, 2.75) is 24.3 Å². The van der Waals surface area contributed by atoms with Gasteiger partial charge >= 0.3 is 0 Å². The summed E-state index contributed by atoms with van der Waals surface area (Å²) < 4.78 is 23.4. The highest BCUT2D eigenvalue weighted by molar-refractivity contribution is 7.90. The highest BCUT2D eigenvalue weighted by Gasteiger charge is 2.27. The third kappa shape index (κ3) is 2.95. The number of hydrogen-bond donors (Lipinski definition) is 1. The van der Waals surface area contributed by atoms with Crippen molar-refractivity contribution >= 4 is 15.7 Å². The molecule has 0 atom stereocenters. The van der Waals surface area contributed by atoms with E-state index in [9.17, 15) is 8.42 Å². The van der Waals surface area contributed by atoms with Crippen LogP contribution >= 0.6 is 0 Å². The average Bonchev–Trinajstić information content (AvgIpc) is 2.27. The van der Waals surface area contributed by atoms with Gasteiger partial charge in [-0.3, -0.25) is 0 Å². The molecule has 0 aromatic carbocycles. The quantitative estimate of drug-likeness (QED) is 0.857. The zero-order chi connectivity index (χ0) is 13.3. The van der Waals surface area contributed by atoms with Crippen LogP contribution in [-0.2, 0) is 9.84 Å². The minimum Gasteiger partial charge on any atom is -0.352 e. The van der Waals surface area contributed by atoms with Gasteiger partial charge in [0.15, 0.2) is 9.84 Å².